The fourth-order valence-electron chi connectivity index (χ4n) is 2.03. The summed E-state index contributed by atoms with van der Waals surface area (Å²) < 4.78 is 5.78. The van der Waals surface area contributed by atoms with Crippen molar-refractivity contribution in [2.75, 3.05) is 5.32 Å². The highest BCUT2D eigenvalue weighted by Crippen LogP contribution is 2.23. The highest BCUT2D eigenvalue weighted by atomic mass is 32.1. The fourth-order valence-corrected chi connectivity index (χ4v) is 2.88. The van der Waals surface area contributed by atoms with Crippen molar-refractivity contribution in [2.24, 2.45) is 0 Å². The summed E-state index contributed by atoms with van der Waals surface area (Å²) in [6.07, 6.45) is 0. The third kappa shape index (κ3) is 3.64. The van der Waals surface area contributed by atoms with Crippen LogP contribution in [0.1, 0.15) is 10.4 Å². The van der Waals surface area contributed by atoms with E-state index in [2.05, 4.69) is 23.7 Å². The monoisotopic (exact) mass is 295 g/mol. The van der Waals surface area contributed by atoms with Crippen molar-refractivity contribution >= 4 is 17.0 Å². The Kier molecular flexibility index (Phi) is 4.22. The lowest BCUT2D eigenvalue weighted by atomic mass is 10.2. The van der Waals surface area contributed by atoms with Gasteiger partial charge in [0, 0.05) is 17.1 Å². The van der Waals surface area contributed by atoms with E-state index in [0.29, 0.717) is 0 Å². The standard InChI is InChI=1S/C18H17NOS/c1-14-11-12-21-18(14)13-19-15-7-9-17(10-8-15)20-16-5-3-2-4-6-16/h2-12,19H,13H2,1H3. The number of aryl methyl sites for hydroxylation is 1. The molecule has 3 aromatic rings. The number of ether oxygens (including phenoxy) is 1. The Hall–Kier alpha value is -2.26. The van der Waals surface area contributed by atoms with Gasteiger partial charge in [-0.15, -0.1) is 11.3 Å². The molecule has 0 aliphatic heterocycles. The summed E-state index contributed by atoms with van der Waals surface area (Å²) in [5.74, 6) is 1.70. The Morgan fingerprint density at radius 2 is 1.62 bits per heavy atom. The number of nitrogens with one attached hydrogen (secondary N) is 1. The van der Waals surface area contributed by atoms with Gasteiger partial charge in [0.2, 0.25) is 0 Å². The lowest BCUT2D eigenvalue weighted by molar-refractivity contribution is 0.483. The summed E-state index contributed by atoms with van der Waals surface area (Å²) in [6, 6.07) is 20.0. The molecule has 3 rings (SSSR count). The van der Waals surface area contributed by atoms with Gasteiger partial charge in [0.25, 0.3) is 0 Å². The largest absolute Gasteiger partial charge is 0.457 e. The van der Waals surface area contributed by atoms with Crippen LogP contribution in [-0.4, -0.2) is 0 Å². The Balaban J connectivity index is 1.60. The number of hydrogen-bond acceptors (Lipinski definition) is 3. The molecule has 0 spiro atoms. The van der Waals surface area contributed by atoms with Crippen LogP contribution < -0.4 is 10.1 Å². The van der Waals surface area contributed by atoms with E-state index < -0.39 is 0 Å². The van der Waals surface area contributed by atoms with E-state index in [1.165, 1.54) is 10.4 Å². The molecule has 0 atom stereocenters. The van der Waals surface area contributed by atoms with Crippen molar-refractivity contribution in [3.8, 4) is 11.5 Å². The van der Waals surface area contributed by atoms with Crippen molar-refractivity contribution in [2.45, 2.75) is 13.5 Å². The topological polar surface area (TPSA) is 21.3 Å². The molecule has 1 aromatic heterocycles. The minimum atomic E-state index is 0.846. The molecular weight excluding hydrogens is 278 g/mol. The van der Waals surface area contributed by atoms with E-state index in [-0.39, 0.29) is 0 Å². The minimum Gasteiger partial charge on any atom is -0.457 e. The number of para-hydroxylation sites is 1. The lowest BCUT2D eigenvalue weighted by Gasteiger charge is -2.08. The van der Waals surface area contributed by atoms with Crippen LogP contribution in [0.25, 0.3) is 0 Å². The van der Waals surface area contributed by atoms with Gasteiger partial charge in [0.1, 0.15) is 11.5 Å². The minimum absolute atomic E-state index is 0.846. The molecule has 0 unspecified atom stereocenters. The second-order valence-corrected chi connectivity index (χ2v) is 5.82. The molecule has 0 radical (unpaired) electrons. The number of rotatable bonds is 5. The zero-order chi connectivity index (χ0) is 14.5. The number of thiophene rings is 1. The molecule has 2 nitrogen and oxygen atoms in total. The normalized spacial score (nSPS) is 10.3. The summed E-state index contributed by atoms with van der Waals surface area (Å²) in [7, 11) is 0. The molecule has 2 aromatic carbocycles. The van der Waals surface area contributed by atoms with Crippen LogP contribution in [-0.2, 0) is 6.54 Å². The maximum Gasteiger partial charge on any atom is 0.127 e. The zero-order valence-electron chi connectivity index (χ0n) is 11.9. The second kappa shape index (κ2) is 6.46. The molecular formula is C18H17NOS. The van der Waals surface area contributed by atoms with Gasteiger partial charge in [-0.1, -0.05) is 18.2 Å². The van der Waals surface area contributed by atoms with Gasteiger partial charge < -0.3 is 10.1 Å². The molecule has 0 bridgehead atoms. The maximum atomic E-state index is 5.78. The van der Waals surface area contributed by atoms with Crippen LogP contribution in [0.4, 0.5) is 5.69 Å². The molecule has 21 heavy (non-hydrogen) atoms. The van der Waals surface area contributed by atoms with Crippen molar-refractivity contribution in [1.29, 1.82) is 0 Å². The molecule has 0 aliphatic carbocycles. The van der Waals surface area contributed by atoms with E-state index in [9.17, 15) is 0 Å². The van der Waals surface area contributed by atoms with E-state index in [4.69, 9.17) is 4.74 Å². The van der Waals surface area contributed by atoms with Crippen LogP contribution in [0.3, 0.4) is 0 Å². The molecule has 0 saturated heterocycles. The van der Waals surface area contributed by atoms with Crippen LogP contribution >= 0.6 is 11.3 Å². The van der Waals surface area contributed by atoms with E-state index in [1.54, 1.807) is 11.3 Å². The molecule has 0 saturated carbocycles. The molecule has 0 fully saturated rings. The van der Waals surface area contributed by atoms with Crippen LogP contribution in [0.2, 0.25) is 0 Å². The van der Waals surface area contributed by atoms with Gasteiger partial charge >= 0.3 is 0 Å². The van der Waals surface area contributed by atoms with Crippen LogP contribution in [0.15, 0.2) is 66.0 Å². The van der Waals surface area contributed by atoms with Gasteiger partial charge in [-0.05, 0) is 60.3 Å². The Morgan fingerprint density at radius 1 is 0.905 bits per heavy atom. The first-order valence-electron chi connectivity index (χ1n) is 6.91. The van der Waals surface area contributed by atoms with Crippen LogP contribution in [0, 0.1) is 6.92 Å². The predicted molar refractivity (Wildman–Crippen MR) is 89.3 cm³/mol. The van der Waals surface area contributed by atoms with Crippen molar-refractivity contribution < 1.29 is 4.74 Å². The second-order valence-electron chi connectivity index (χ2n) is 4.82. The first kappa shape index (κ1) is 13.7. The summed E-state index contributed by atoms with van der Waals surface area (Å²) in [5, 5.41) is 5.56. The average Bonchev–Trinajstić information content (AvgIpc) is 2.93. The Labute approximate surface area is 129 Å². The van der Waals surface area contributed by atoms with Gasteiger partial charge in [-0.3, -0.25) is 0 Å². The third-order valence-corrected chi connectivity index (χ3v) is 4.28. The quantitative estimate of drug-likeness (QED) is 0.674. The molecule has 3 heteroatoms. The van der Waals surface area contributed by atoms with Crippen LogP contribution in [0.5, 0.6) is 11.5 Å². The van der Waals surface area contributed by atoms with Gasteiger partial charge in [-0.2, -0.15) is 0 Å². The Morgan fingerprint density at radius 3 is 2.29 bits per heavy atom. The average molecular weight is 295 g/mol. The first-order chi connectivity index (χ1) is 10.3. The smallest absolute Gasteiger partial charge is 0.127 e. The summed E-state index contributed by atoms with van der Waals surface area (Å²) >= 11 is 1.79. The number of hydrogen-bond donors (Lipinski definition) is 1. The van der Waals surface area contributed by atoms with Crippen molar-refractivity contribution in [1.82, 2.24) is 0 Å². The van der Waals surface area contributed by atoms with E-state index >= 15 is 0 Å². The van der Waals surface area contributed by atoms with Gasteiger partial charge in [0.15, 0.2) is 0 Å². The summed E-state index contributed by atoms with van der Waals surface area (Å²) in [6.45, 7) is 3.01. The van der Waals surface area contributed by atoms with Crippen molar-refractivity contribution in [3.05, 3.63) is 76.5 Å². The fraction of sp³-hybridized carbons (Fsp3) is 0.111. The third-order valence-electron chi connectivity index (χ3n) is 3.25. The van der Waals surface area contributed by atoms with Crippen molar-refractivity contribution in [3.63, 3.8) is 0 Å². The van der Waals surface area contributed by atoms with E-state index in [0.717, 1.165) is 23.7 Å². The predicted octanol–water partition coefficient (Wildman–Crippen LogP) is 5.46. The summed E-state index contributed by atoms with van der Waals surface area (Å²) in [5.41, 5.74) is 2.44. The molecule has 106 valence electrons. The van der Waals surface area contributed by atoms with E-state index in [1.807, 2.05) is 54.6 Å². The highest BCUT2D eigenvalue weighted by molar-refractivity contribution is 7.10. The number of anilines is 1. The first-order valence-corrected chi connectivity index (χ1v) is 7.79. The SMILES string of the molecule is Cc1ccsc1CNc1ccc(Oc2ccccc2)cc1. The van der Waals surface area contributed by atoms with Gasteiger partial charge in [-0.25, -0.2) is 0 Å². The maximum absolute atomic E-state index is 5.78. The molecule has 0 aliphatic rings. The highest BCUT2D eigenvalue weighted by Gasteiger charge is 2.00. The van der Waals surface area contributed by atoms with Gasteiger partial charge in [0.05, 0.1) is 0 Å². The molecule has 0 amide bonds. The zero-order valence-corrected chi connectivity index (χ0v) is 12.7. The molecule has 1 heterocycles. The summed E-state index contributed by atoms with van der Waals surface area (Å²) in [4.78, 5) is 1.37. The Bertz CT molecular complexity index is 689. The number of benzene rings is 2. The lowest BCUT2D eigenvalue weighted by Crippen LogP contribution is -1.98. The molecule has 1 N–H and O–H groups in total.